The van der Waals surface area contributed by atoms with Gasteiger partial charge in [-0.15, -0.1) is 0 Å². The molecule has 0 bridgehead atoms. The molecule has 2 fully saturated rings. The van der Waals surface area contributed by atoms with Gasteiger partial charge < -0.3 is 15.0 Å². The molecule has 27 heavy (non-hydrogen) atoms. The number of carbonyl (C=O) groups excluding carboxylic acids is 1. The van der Waals surface area contributed by atoms with Crippen LogP contribution in [0, 0.1) is 5.92 Å². The van der Waals surface area contributed by atoms with E-state index in [2.05, 4.69) is 15.5 Å². The largest absolute Gasteiger partial charge is 0.444 e. The van der Waals surface area contributed by atoms with Crippen LogP contribution in [-0.4, -0.2) is 74.1 Å². The Morgan fingerprint density at radius 2 is 2.19 bits per heavy atom. The molecular weight excluding hydrogens is 398 g/mol. The summed E-state index contributed by atoms with van der Waals surface area (Å²) in [6, 6.07) is 0. The highest BCUT2D eigenvalue weighted by atomic mass is 35.5. The Hall–Kier alpha value is -1.85. The Kier molecular flexibility index (Phi) is 5.92. The molecule has 0 saturated carbocycles. The van der Waals surface area contributed by atoms with Crippen molar-refractivity contribution >= 4 is 33.4 Å². The Morgan fingerprint density at radius 3 is 2.89 bits per heavy atom. The van der Waals surface area contributed by atoms with Crippen LogP contribution in [0.15, 0.2) is 11.0 Å². The summed E-state index contributed by atoms with van der Waals surface area (Å²) in [7, 11) is -3.19. The maximum atomic E-state index is 12.0. The quantitative estimate of drug-likeness (QED) is 0.688. The van der Waals surface area contributed by atoms with Gasteiger partial charge in [0.1, 0.15) is 11.1 Å². The number of halogens is 1. The van der Waals surface area contributed by atoms with Crippen LogP contribution in [0.2, 0.25) is 5.02 Å². The molecule has 2 aliphatic rings. The van der Waals surface area contributed by atoms with Crippen molar-refractivity contribution in [2.45, 2.75) is 18.9 Å². The van der Waals surface area contributed by atoms with Crippen molar-refractivity contribution in [3.63, 3.8) is 0 Å². The van der Waals surface area contributed by atoms with Gasteiger partial charge in [-0.3, -0.25) is 4.79 Å². The number of anilines is 1. The normalized spacial score (nSPS) is 23.6. The fourth-order valence-electron chi connectivity index (χ4n) is 3.32. The number of carbonyl (C=O) groups is 1. The minimum Gasteiger partial charge on any atom is -0.444 e. The first-order valence-corrected chi connectivity index (χ1v) is 10.8. The number of rotatable bonds is 5. The van der Waals surface area contributed by atoms with Gasteiger partial charge in [0, 0.05) is 32.6 Å². The summed E-state index contributed by atoms with van der Waals surface area (Å²) in [5.41, 5.74) is 0.0507. The summed E-state index contributed by atoms with van der Waals surface area (Å²) in [6.07, 6.45) is 3.12. The van der Waals surface area contributed by atoms with Gasteiger partial charge in [-0.05, 0) is 12.3 Å². The fourth-order valence-corrected chi connectivity index (χ4v) is 4.45. The second-order valence-electron chi connectivity index (χ2n) is 6.82. The minimum atomic E-state index is -3.19. The van der Waals surface area contributed by atoms with Crippen molar-refractivity contribution in [2.75, 3.05) is 43.9 Å². The molecule has 2 atom stereocenters. The number of hydrogen-bond donors (Lipinski definition) is 2. The maximum absolute atomic E-state index is 12.0. The first-order valence-electron chi connectivity index (χ1n) is 8.62. The summed E-state index contributed by atoms with van der Waals surface area (Å²) in [6.45, 7) is 2.26. The number of aromatic nitrogens is 2. The molecule has 2 saturated heterocycles. The van der Waals surface area contributed by atoms with Gasteiger partial charge in [0.05, 0.1) is 24.7 Å². The van der Waals surface area contributed by atoms with E-state index in [4.69, 9.17) is 16.3 Å². The molecule has 10 nitrogen and oxygen atoms in total. The van der Waals surface area contributed by atoms with Crippen LogP contribution in [0.3, 0.4) is 0 Å². The average molecular weight is 420 g/mol. The average Bonchev–Trinajstić information content (AvgIpc) is 3.24. The molecule has 3 heterocycles. The van der Waals surface area contributed by atoms with E-state index < -0.39 is 21.7 Å². The van der Waals surface area contributed by atoms with E-state index in [9.17, 15) is 18.0 Å². The molecule has 12 heteroatoms. The van der Waals surface area contributed by atoms with Gasteiger partial charge in [-0.25, -0.2) is 22.6 Å². The van der Waals surface area contributed by atoms with Crippen molar-refractivity contribution in [2.24, 2.45) is 5.92 Å². The first-order chi connectivity index (χ1) is 12.7. The standard InChI is InChI=1S/C15H22ClN5O5S/c1-27(24,25)21-5-2-10(8-21)6-17-15(23)26-11-3-4-20(9-11)12-7-18-19-14(22)13(12)16/h7,10-11H,2-6,8-9H2,1H3,(H,17,23)(H,19,22)/t10-,11+/m0/s1. The molecule has 0 radical (unpaired) electrons. The predicted molar refractivity (Wildman–Crippen MR) is 99.5 cm³/mol. The molecule has 2 N–H and O–H groups in total. The van der Waals surface area contributed by atoms with Crippen LogP contribution in [0.5, 0.6) is 0 Å². The molecule has 0 aromatic carbocycles. The first kappa shape index (κ1) is 19.9. The zero-order chi connectivity index (χ0) is 19.6. The molecular formula is C15H22ClN5O5S. The number of amides is 1. The fraction of sp³-hybridized carbons (Fsp3) is 0.667. The molecule has 1 amide bonds. The van der Waals surface area contributed by atoms with Crippen LogP contribution in [-0.2, 0) is 14.8 Å². The number of H-pyrrole nitrogens is 1. The van der Waals surface area contributed by atoms with E-state index in [0.29, 0.717) is 51.3 Å². The topological polar surface area (TPSA) is 125 Å². The molecule has 0 unspecified atom stereocenters. The van der Waals surface area contributed by atoms with E-state index >= 15 is 0 Å². The number of nitrogens with zero attached hydrogens (tertiary/aromatic N) is 3. The smallest absolute Gasteiger partial charge is 0.407 e. The van der Waals surface area contributed by atoms with Crippen molar-refractivity contribution in [3.8, 4) is 0 Å². The molecule has 3 rings (SSSR count). The lowest BCUT2D eigenvalue weighted by Gasteiger charge is -2.19. The van der Waals surface area contributed by atoms with Crippen LogP contribution in [0.1, 0.15) is 12.8 Å². The highest BCUT2D eigenvalue weighted by Crippen LogP contribution is 2.25. The molecule has 1 aromatic rings. The molecule has 0 aliphatic carbocycles. The highest BCUT2D eigenvalue weighted by molar-refractivity contribution is 7.88. The summed E-state index contributed by atoms with van der Waals surface area (Å²) >= 11 is 6.00. The van der Waals surface area contributed by atoms with Crippen LogP contribution >= 0.6 is 11.6 Å². The third-order valence-corrected chi connectivity index (χ3v) is 6.42. The van der Waals surface area contributed by atoms with Crippen LogP contribution in [0.25, 0.3) is 0 Å². The Morgan fingerprint density at radius 1 is 1.41 bits per heavy atom. The number of aromatic amines is 1. The van der Waals surface area contributed by atoms with E-state index in [1.54, 1.807) is 0 Å². The highest BCUT2D eigenvalue weighted by Gasteiger charge is 2.30. The number of sulfonamides is 1. The summed E-state index contributed by atoms with van der Waals surface area (Å²) < 4.78 is 29.9. The van der Waals surface area contributed by atoms with E-state index in [0.717, 1.165) is 0 Å². The number of hydrogen-bond acceptors (Lipinski definition) is 7. The van der Waals surface area contributed by atoms with Gasteiger partial charge in [-0.1, -0.05) is 11.6 Å². The third-order valence-electron chi connectivity index (χ3n) is 4.79. The second-order valence-corrected chi connectivity index (χ2v) is 9.18. The zero-order valence-corrected chi connectivity index (χ0v) is 16.4. The van der Waals surface area contributed by atoms with E-state index in [1.165, 1.54) is 16.8 Å². The lowest BCUT2D eigenvalue weighted by molar-refractivity contribution is 0.107. The molecule has 1 aromatic heterocycles. The molecule has 150 valence electrons. The number of nitrogens with one attached hydrogen (secondary N) is 2. The summed E-state index contributed by atoms with van der Waals surface area (Å²) in [4.78, 5) is 25.4. The summed E-state index contributed by atoms with van der Waals surface area (Å²) in [5.74, 6) is 0.0771. The Labute approximate surface area is 161 Å². The SMILES string of the molecule is CS(=O)(=O)N1CC[C@@H](CNC(=O)O[C@@H]2CCN(c3cn[nH]c(=O)c3Cl)C2)C1. The second kappa shape index (κ2) is 8.03. The van der Waals surface area contributed by atoms with Gasteiger partial charge in [0.15, 0.2) is 0 Å². The number of ether oxygens (including phenoxy) is 1. The van der Waals surface area contributed by atoms with Gasteiger partial charge in [-0.2, -0.15) is 5.10 Å². The van der Waals surface area contributed by atoms with Gasteiger partial charge in [0.25, 0.3) is 5.56 Å². The molecule has 0 spiro atoms. The maximum Gasteiger partial charge on any atom is 0.407 e. The monoisotopic (exact) mass is 419 g/mol. The predicted octanol–water partition coefficient (Wildman–Crippen LogP) is 0.00970. The Balaban J connectivity index is 1.44. The lowest BCUT2D eigenvalue weighted by atomic mass is 10.1. The van der Waals surface area contributed by atoms with Crippen molar-refractivity contribution < 1.29 is 17.9 Å². The zero-order valence-electron chi connectivity index (χ0n) is 14.9. The summed E-state index contributed by atoms with van der Waals surface area (Å²) in [5, 5.41) is 8.77. The third kappa shape index (κ3) is 4.90. The number of alkyl carbamates (subject to hydrolysis) is 1. The van der Waals surface area contributed by atoms with Crippen molar-refractivity contribution in [3.05, 3.63) is 21.6 Å². The van der Waals surface area contributed by atoms with Gasteiger partial charge >= 0.3 is 6.09 Å². The van der Waals surface area contributed by atoms with Crippen LogP contribution < -0.4 is 15.8 Å². The van der Waals surface area contributed by atoms with Crippen LogP contribution in [0.4, 0.5) is 10.5 Å². The van der Waals surface area contributed by atoms with E-state index in [-0.39, 0.29) is 17.0 Å². The van der Waals surface area contributed by atoms with Crippen molar-refractivity contribution in [1.29, 1.82) is 0 Å². The van der Waals surface area contributed by atoms with Crippen molar-refractivity contribution in [1.82, 2.24) is 19.8 Å². The lowest BCUT2D eigenvalue weighted by Crippen LogP contribution is -2.35. The molecule has 2 aliphatic heterocycles. The minimum absolute atomic E-state index is 0.0618. The van der Waals surface area contributed by atoms with Gasteiger partial charge in [0.2, 0.25) is 10.0 Å². The Bertz CT molecular complexity index is 860. The van der Waals surface area contributed by atoms with E-state index in [1.807, 2.05) is 4.90 Å².